The van der Waals surface area contributed by atoms with E-state index in [-0.39, 0.29) is 6.04 Å². The molecular formula is C13H13N3S. The SMILES string of the molecule is C[C@H](NCc1cc(C#N)cs1)c1ccncc1. The Morgan fingerprint density at radius 2 is 2.24 bits per heavy atom. The summed E-state index contributed by atoms with van der Waals surface area (Å²) < 4.78 is 0. The molecule has 0 bridgehead atoms. The van der Waals surface area contributed by atoms with Gasteiger partial charge in [0, 0.05) is 35.2 Å². The maximum absolute atomic E-state index is 8.74. The molecule has 3 nitrogen and oxygen atoms in total. The van der Waals surface area contributed by atoms with Gasteiger partial charge in [-0.1, -0.05) is 0 Å². The fourth-order valence-corrected chi connectivity index (χ4v) is 2.32. The van der Waals surface area contributed by atoms with E-state index >= 15 is 0 Å². The fourth-order valence-electron chi connectivity index (χ4n) is 1.56. The second-order valence-corrected chi connectivity index (χ2v) is 4.79. The number of aromatic nitrogens is 1. The molecule has 1 N–H and O–H groups in total. The number of hydrogen-bond acceptors (Lipinski definition) is 4. The molecule has 2 heterocycles. The number of nitrogens with zero attached hydrogens (tertiary/aromatic N) is 2. The van der Waals surface area contributed by atoms with Crippen molar-refractivity contribution in [3.63, 3.8) is 0 Å². The second kappa shape index (κ2) is 5.58. The molecule has 0 saturated heterocycles. The van der Waals surface area contributed by atoms with Gasteiger partial charge in [0.05, 0.1) is 5.56 Å². The molecule has 0 amide bonds. The van der Waals surface area contributed by atoms with Gasteiger partial charge in [0.15, 0.2) is 0 Å². The number of hydrogen-bond donors (Lipinski definition) is 1. The third-order valence-corrected chi connectivity index (χ3v) is 3.51. The van der Waals surface area contributed by atoms with Gasteiger partial charge in [0.1, 0.15) is 6.07 Å². The number of nitriles is 1. The van der Waals surface area contributed by atoms with E-state index in [1.807, 2.05) is 23.6 Å². The van der Waals surface area contributed by atoms with Crippen molar-refractivity contribution in [2.24, 2.45) is 0 Å². The molecule has 2 aromatic rings. The lowest BCUT2D eigenvalue weighted by Gasteiger charge is -2.12. The first-order valence-corrected chi connectivity index (χ1v) is 6.28. The molecule has 0 spiro atoms. The van der Waals surface area contributed by atoms with E-state index in [4.69, 9.17) is 5.26 Å². The second-order valence-electron chi connectivity index (χ2n) is 3.80. The van der Waals surface area contributed by atoms with Crippen molar-refractivity contribution in [3.05, 3.63) is 52.0 Å². The van der Waals surface area contributed by atoms with Crippen LogP contribution < -0.4 is 5.32 Å². The van der Waals surface area contributed by atoms with E-state index in [1.54, 1.807) is 23.7 Å². The Balaban J connectivity index is 1.92. The highest BCUT2D eigenvalue weighted by atomic mass is 32.1. The lowest BCUT2D eigenvalue weighted by atomic mass is 10.1. The zero-order chi connectivity index (χ0) is 12.1. The van der Waals surface area contributed by atoms with Crippen LogP contribution in [0, 0.1) is 11.3 Å². The van der Waals surface area contributed by atoms with Crippen LogP contribution >= 0.6 is 11.3 Å². The summed E-state index contributed by atoms with van der Waals surface area (Å²) in [6.45, 7) is 2.91. The van der Waals surface area contributed by atoms with E-state index in [2.05, 4.69) is 23.3 Å². The van der Waals surface area contributed by atoms with Gasteiger partial charge in [-0.3, -0.25) is 4.98 Å². The van der Waals surface area contributed by atoms with Gasteiger partial charge in [0.25, 0.3) is 0 Å². The molecule has 1 atom stereocenters. The lowest BCUT2D eigenvalue weighted by molar-refractivity contribution is 0.578. The minimum absolute atomic E-state index is 0.283. The van der Waals surface area contributed by atoms with E-state index < -0.39 is 0 Å². The van der Waals surface area contributed by atoms with Crippen LogP contribution in [-0.4, -0.2) is 4.98 Å². The summed E-state index contributed by atoms with van der Waals surface area (Å²) in [5, 5.41) is 14.0. The van der Waals surface area contributed by atoms with E-state index in [0.29, 0.717) is 0 Å². The highest BCUT2D eigenvalue weighted by molar-refractivity contribution is 7.10. The van der Waals surface area contributed by atoms with Gasteiger partial charge in [0.2, 0.25) is 0 Å². The molecule has 86 valence electrons. The summed E-state index contributed by atoms with van der Waals surface area (Å²) in [6, 6.07) is 8.37. The summed E-state index contributed by atoms with van der Waals surface area (Å²) in [6.07, 6.45) is 3.60. The zero-order valence-electron chi connectivity index (χ0n) is 9.55. The molecule has 17 heavy (non-hydrogen) atoms. The molecule has 2 rings (SSSR count). The van der Waals surface area contributed by atoms with Gasteiger partial charge < -0.3 is 5.32 Å². The molecular weight excluding hydrogens is 230 g/mol. The Bertz CT molecular complexity index is 513. The predicted octanol–water partition coefficient (Wildman–Crippen LogP) is 2.87. The van der Waals surface area contributed by atoms with Gasteiger partial charge in [-0.25, -0.2) is 0 Å². The maximum atomic E-state index is 8.74. The Hall–Kier alpha value is -1.70. The predicted molar refractivity (Wildman–Crippen MR) is 68.5 cm³/mol. The minimum Gasteiger partial charge on any atom is -0.305 e. The first-order chi connectivity index (χ1) is 8.29. The standard InChI is InChI=1S/C13H13N3S/c1-10(12-2-4-15-5-3-12)16-8-13-6-11(7-14)9-17-13/h2-6,9-10,16H,8H2,1H3/t10-/m0/s1. The molecule has 0 saturated carbocycles. The fraction of sp³-hybridized carbons (Fsp3) is 0.231. The largest absolute Gasteiger partial charge is 0.305 e. The molecule has 0 radical (unpaired) electrons. The van der Waals surface area contributed by atoms with Crippen LogP contribution in [-0.2, 0) is 6.54 Å². The summed E-state index contributed by atoms with van der Waals surface area (Å²) in [7, 11) is 0. The normalized spacial score (nSPS) is 12.0. The molecule has 4 heteroatoms. The van der Waals surface area contributed by atoms with E-state index in [9.17, 15) is 0 Å². The van der Waals surface area contributed by atoms with Crippen molar-refractivity contribution in [1.29, 1.82) is 5.26 Å². The summed E-state index contributed by atoms with van der Waals surface area (Å²) in [5.74, 6) is 0. The summed E-state index contributed by atoms with van der Waals surface area (Å²) in [5.41, 5.74) is 1.96. The van der Waals surface area contributed by atoms with Crippen molar-refractivity contribution < 1.29 is 0 Å². The van der Waals surface area contributed by atoms with E-state index in [0.717, 1.165) is 12.1 Å². The highest BCUT2D eigenvalue weighted by Gasteiger charge is 2.05. The third kappa shape index (κ3) is 3.13. The average Bonchev–Trinajstić information content (AvgIpc) is 2.85. The number of rotatable bonds is 4. The molecule has 0 aliphatic heterocycles. The molecule has 0 fully saturated rings. The van der Waals surface area contributed by atoms with Crippen LogP contribution in [0.25, 0.3) is 0 Å². The Kier molecular flexibility index (Phi) is 3.86. The minimum atomic E-state index is 0.283. The number of nitrogens with one attached hydrogen (secondary N) is 1. The molecule has 0 unspecified atom stereocenters. The van der Waals surface area contributed by atoms with Crippen molar-refractivity contribution in [2.45, 2.75) is 19.5 Å². The maximum Gasteiger partial charge on any atom is 0.100 e. The van der Waals surface area contributed by atoms with Gasteiger partial charge in [-0.05, 0) is 30.7 Å². The molecule has 2 aromatic heterocycles. The Labute approximate surface area is 105 Å². The first-order valence-electron chi connectivity index (χ1n) is 5.40. The van der Waals surface area contributed by atoms with Crippen LogP contribution in [0.3, 0.4) is 0 Å². The lowest BCUT2D eigenvalue weighted by Crippen LogP contribution is -2.17. The van der Waals surface area contributed by atoms with Crippen LogP contribution in [0.5, 0.6) is 0 Å². The topological polar surface area (TPSA) is 48.7 Å². The molecule has 0 aliphatic carbocycles. The Morgan fingerprint density at radius 1 is 1.47 bits per heavy atom. The average molecular weight is 243 g/mol. The van der Waals surface area contributed by atoms with Crippen LogP contribution in [0.1, 0.15) is 29.0 Å². The quantitative estimate of drug-likeness (QED) is 0.898. The number of pyridine rings is 1. The van der Waals surface area contributed by atoms with Crippen molar-refractivity contribution in [2.75, 3.05) is 0 Å². The summed E-state index contributed by atoms with van der Waals surface area (Å²) >= 11 is 1.61. The van der Waals surface area contributed by atoms with E-state index in [1.165, 1.54) is 10.4 Å². The van der Waals surface area contributed by atoms with Crippen LogP contribution in [0.4, 0.5) is 0 Å². The van der Waals surface area contributed by atoms with Crippen LogP contribution in [0.15, 0.2) is 36.0 Å². The molecule has 0 aliphatic rings. The smallest absolute Gasteiger partial charge is 0.100 e. The van der Waals surface area contributed by atoms with Crippen molar-refractivity contribution in [3.8, 4) is 6.07 Å². The molecule has 0 aromatic carbocycles. The van der Waals surface area contributed by atoms with Gasteiger partial charge in [-0.2, -0.15) is 5.26 Å². The van der Waals surface area contributed by atoms with Gasteiger partial charge in [-0.15, -0.1) is 11.3 Å². The zero-order valence-corrected chi connectivity index (χ0v) is 10.4. The highest BCUT2D eigenvalue weighted by Crippen LogP contribution is 2.16. The van der Waals surface area contributed by atoms with Crippen LogP contribution in [0.2, 0.25) is 0 Å². The van der Waals surface area contributed by atoms with Crippen molar-refractivity contribution >= 4 is 11.3 Å². The van der Waals surface area contributed by atoms with Gasteiger partial charge >= 0.3 is 0 Å². The number of thiophene rings is 1. The monoisotopic (exact) mass is 243 g/mol. The first kappa shape index (κ1) is 11.8. The summed E-state index contributed by atoms with van der Waals surface area (Å²) in [4.78, 5) is 5.18. The third-order valence-electron chi connectivity index (χ3n) is 2.57. The Morgan fingerprint density at radius 3 is 2.88 bits per heavy atom. The van der Waals surface area contributed by atoms with Crippen molar-refractivity contribution in [1.82, 2.24) is 10.3 Å².